The third-order valence-corrected chi connectivity index (χ3v) is 6.44. The molecule has 0 heterocycles. The lowest BCUT2D eigenvalue weighted by Crippen LogP contribution is -2.11. The molecule has 0 amide bonds. The van der Waals surface area contributed by atoms with Gasteiger partial charge < -0.3 is 9.47 Å². The molecule has 0 aliphatic rings. The van der Waals surface area contributed by atoms with Crippen molar-refractivity contribution in [2.45, 2.75) is 136 Å². The number of esters is 2. The normalized spacial score (nSPS) is 10.9. The minimum absolute atomic E-state index is 0.0731. The molecule has 0 aromatic heterocycles. The van der Waals surface area contributed by atoms with Crippen molar-refractivity contribution in [3.05, 3.63) is 35.4 Å². The summed E-state index contributed by atoms with van der Waals surface area (Å²) in [5.41, 5.74) is 2.08. The molecule has 194 valence electrons. The van der Waals surface area contributed by atoms with Crippen LogP contribution in [0, 0.1) is 6.92 Å². The van der Waals surface area contributed by atoms with Crippen LogP contribution in [-0.2, 0) is 25.7 Å². The van der Waals surface area contributed by atoms with Gasteiger partial charge in [0.05, 0.1) is 19.4 Å². The predicted molar refractivity (Wildman–Crippen MR) is 141 cm³/mol. The molecule has 4 heteroatoms. The number of hydrogen-bond acceptors (Lipinski definition) is 4. The Kier molecular flexibility index (Phi) is 19.2. The first kappa shape index (κ1) is 30.2. The van der Waals surface area contributed by atoms with Crippen LogP contribution in [0.2, 0.25) is 0 Å². The fourth-order valence-corrected chi connectivity index (χ4v) is 4.11. The van der Waals surface area contributed by atoms with Crippen LogP contribution in [0.3, 0.4) is 0 Å². The molecule has 0 aliphatic heterocycles. The van der Waals surface area contributed by atoms with Crippen LogP contribution in [0.15, 0.2) is 24.3 Å². The minimum atomic E-state index is -0.359. The van der Waals surface area contributed by atoms with Gasteiger partial charge in [0.1, 0.15) is 6.61 Å². The fraction of sp³-hybridized carbons (Fsp3) is 0.733. The Bertz CT molecular complexity index is 640. The molecule has 0 saturated heterocycles. The van der Waals surface area contributed by atoms with Crippen molar-refractivity contribution < 1.29 is 19.1 Å². The van der Waals surface area contributed by atoms with Crippen molar-refractivity contribution in [3.63, 3.8) is 0 Å². The molecule has 0 radical (unpaired) electrons. The van der Waals surface area contributed by atoms with Gasteiger partial charge in [-0.1, -0.05) is 128 Å². The van der Waals surface area contributed by atoms with Crippen LogP contribution in [-0.4, -0.2) is 18.5 Å². The van der Waals surface area contributed by atoms with E-state index in [1.165, 1.54) is 89.9 Å². The molecule has 0 saturated carbocycles. The molecule has 0 bridgehead atoms. The number of carbonyl (C=O) groups is 2. The van der Waals surface area contributed by atoms with Gasteiger partial charge in [0, 0.05) is 0 Å². The van der Waals surface area contributed by atoms with Gasteiger partial charge in [-0.15, -0.1) is 0 Å². The Morgan fingerprint density at radius 1 is 0.618 bits per heavy atom. The topological polar surface area (TPSA) is 52.6 Å². The van der Waals surface area contributed by atoms with Crippen LogP contribution in [0.4, 0.5) is 0 Å². The molecular weight excluding hydrogens is 424 g/mol. The van der Waals surface area contributed by atoms with Crippen LogP contribution >= 0.6 is 0 Å². The standard InChI is InChI=1S/C30H50O4/c1-3-4-5-6-7-8-9-10-11-12-13-14-15-16-17-20-25-33-29(31)23-24-30(32)34-26-28-22-19-18-21-27(28)2/h18-19,21-22H,3-17,20,23-26H2,1-2H3. The van der Waals surface area contributed by atoms with Crippen LogP contribution < -0.4 is 0 Å². The monoisotopic (exact) mass is 474 g/mol. The highest BCUT2D eigenvalue weighted by Gasteiger charge is 2.10. The molecule has 34 heavy (non-hydrogen) atoms. The summed E-state index contributed by atoms with van der Waals surface area (Å²) in [5.74, 6) is -0.670. The first-order valence-electron chi connectivity index (χ1n) is 14.0. The van der Waals surface area contributed by atoms with Crippen molar-refractivity contribution in [3.8, 4) is 0 Å². The minimum Gasteiger partial charge on any atom is -0.466 e. The second kappa shape index (κ2) is 21.7. The zero-order valence-electron chi connectivity index (χ0n) is 22.1. The van der Waals surface area contributed by atoms with Gasteiger partial charge in [-0.25, -0.2) is 0 Å². The molecule has 0 atom stereocenters. The quantitative estimate of drug-likeness (QED) is 0.125. The summed E-state index contributed by atoms with van der Waals surface area (Å²) < 4.78 is 10.5. The number of rotatable bonds is 22. The highest BCUT2D eigenvalue weighted by molar-refractivity contribution is 5.77. The molecule has 1 rings (SSSR count). The van der Waals surface area contributed by atoms with Gasteiger partial charge >= 0.3 is 11.9 Å². The zero-order chi connectivity index (χ0) is 24.7. The van der Waals surface area contributed by atoms with E-state index in [1.54, 1.807) is 0 Å². The second-order valence-corrected chi connectivity index (χ2v) is 9.61. The van der Waals surface area contributed by atoms with E-state index in [9.17, 15) is 9.59 Å². The maximum atomic E-state index is 11.8. The van der Waals surface area contributed by atoms with Crippen LogP contribution in [0.1, 0.15) is 134 Å². The third kappa shape index (κ3) is 17.6. The number of aryl methyl sites for hydroxylation is 1. The Morgan fingerprint density at radius 3 is 1.56 bits per heavy atom. The van der Waals surface area contributed by atoms with E-state index in [0.717, 1.165) is 24.0 Å². The average molecular weight is 475 g/mol. The van der Waals surface area contributed by atoms with Crippen LogP contribution in [0.25, 0.3) is 0 Å². The largest absolute Gasteiger partial charge is 0.466 e. The highest BCUT2D eigenvalue weighted by Crippen LogP contribution is 2.14. The van der Waals surface area contributed by atoms with Gasteiger partial charge in [-0.2, -0.15) is 0 Å². The van der Waals surface area contributed by atoms with E-state index in [1.807, 2.05) is 31.2 Å². The van der Waals surface area contributed by atoms with E-state index in [2.05, 4.69) is 6.92 Å². The van der Waals surface area contributed by atoms with Crippen molar-refractivity contribution in [2.75, 3.05) is 6.61 Å². The summed E-state index contributed by atoms with van der Waals surface area (Å²) in [5, 5.41) is 0. The Hall–Kier alpha value is -1.84. The number of benzene rings is 1. The predicted octanol–water partition coefficient (Wildman–Crippen LogP) is 8.62. The fourth-order valence-electron chi connectivity index (χ4n) is 4.11. The van der Waals surface area contributed by atoms with Gasteiger partial charge in [0.2, 0.25) is 0 Å². The van der Waals surface area contributed by atoms with Gasteiger partial charge in [-0.3, -0.25) is 9.59 Å². The lowest BCUT2D eigenvalue weighted by atomic mass is 10.0. The van der Waals surface area contributed by atoms with Gasteiger partial charge in [-0.05, 0) is 24.5 Å². The molecule has 0 fully saturated rings. The summed E-state index contributed by atoms with van der Waals surface area (Å²) in [7, 11) is 0. The molecular formula is C30H50O4. The number of ether oxygens (including phenoxy) is 2. The SMILES string of the molecule is CCCCCCCCCCCCCCCCCCOC(=O)CCC(=O)OCc1ccccc1C. The van der Waals surface area contributed by atoms with Gasteiger partial charge in [0.15, 0.2) is 0 Å². The second-order valence-electron chi connectivity index (χ2n) is 9.61. The number of unbranched alkanes of at least 4 members (excludes halogenated alkanes) is 15. The van der Waals surface area contributed by atoms with E-state index in [4.69, 9.17) is 9.47 Å². The van der Waals surface area contributed by atoms with Crippen molar-refractivity contribution >= 4 is 11.9 Å². The molecule has 4 nitrogen and oxygen atoms in total. The zero-order valence-corrected chi connectivity index (χ0v) is 22.1. The summed E-state index contributed by atoms with van der Waals surface area (Å²) >= 11 is 0. The number of carbonyl (C=O) groups excluding carboxylic acids is 2. The summed E-state index contributed by atoms with van der Waals surface area (Å²) in [4.78, 5) is 23.6. The molecule has 1 aromatic rings. The molecule has 0 aliphatic carbocycles. The maximum Gasteiger partial charge on any atom is 0.306 e. The molecule has 0 unspecified atom stereocenters. The Labute approximate surface area is 209 Å². The van der Waals surface area contributed by atoms with E-state index in [0.29, 0.717) is 6.61 Å². The van der Waals surface area contributed by atoms with Crippen LogP contribution in [0.5, 0.6) is 0 Å². The number of hydrogen-bond donors (Lipinski definition) is 0. The third-order valence-electron chi connectivity index (χ3n) is 6.44. The molecule has 0 N–H and O–H groups in total. The first-order chi connectivity index (χ1) is 16.6. The Balaban J connectivity index is 1.82. The lowest BCUT2D eigenvalue weighted by molar-refractivity contribution is -0.151. The van der Waals surface area contributed by atoms with E-state index < -0.39 is 0 Å². The average Bonchev–Trinajstić information content (AvgIpc) is 2.84. The summed E-state index contributed by atoms with van der Waals surface area (Å²) in [6.07, 6.45) is 21.4. The maximum absolute atomic E-state index is 11.8. The lowest BCUT2D eigenvalue weighted by Gasteiger charge is -2.08. The highest BCUT2D eigenvalue weighted by atomic mass is 16.5. The summed E-state index contributed by atoms with van der Waals surface area (Å²) in [6, 6.07) is 7.80. The Morgan fingerprint density at radius 2 is 1.06 bits per heavy atom. The van der Waals surface area contributed by atoms with E-state index >= 15 is 0 Å². The molecule has 0 spiro atoms. The molecule has 1 aromatic carbocycles. The summed E-state index contributed by atoms with van der Waals surface area (Å²) in [6.45, 7) is 4.96. The first-order valence-corrected chi connectivity index (χ1v) is 14.0. The van der Waals surface area contributed by atoms with E-state index in [-0.39, 0.29) is 31.4 Å². The smallest absolute Gasteiger partial charge is 0.306 e. The van der Waals surface area contributed by atoms with Gasteiger partial charge in [0.25, 0.3) is 0 Å². The van der Waals surface area contributed by atoms with Crippen molar-refractivity contribution in [2.24, 2.45) is 0 Å². The van der Waals surface area contributed by atoms with Crippen molar-refractivity contribution in [1.29, 1.82) is 0 Å². The van der Waals surface area contributed by atoms with Crippen molar-refractivity contribution in [1.82, 2.24) is 0 Å².